The second-order valence-corrected chi connectivity index (χ2v) is 7.97. The molecule has 152 valence electrons. The second kappa shape index (κ2) is 8.59. The molecule has 0 saturated heterocycles. The summed E-state index contributed by atoms with van der Waals surface area (Å²) in [5, 5.41) is 5.63. The molecule has 0 radical (unpaired) electrons. The van der Waals surface area contributed by atoms with E-state index in [-0.39, 0.29) is 16.5 Å². The molecule has 0 spiro atoms. The maximum atomic E-state index is 13.1. The first kappa shape index (κ1) is 20.8. The Bertz CT molecular complexity index is 1060. The number of amides is 1. The Morgan fingerprint density at radius 3 is 2.45 bits per heavy atom. The van der Waals surface area contributed by atoms with E-state index in [9.17, 15) is 17.8 Å². The van der Waals surface area contributed by atoms with Crippen molar-refractivity contribution < 1.29 is 17.8 Å². The van der Waals surface area contributed by atoms with Crippen molar-refractivity contribution in [3.8, 4) is 0 Å². The molecule has 0 aliphatic carbocycles. The van der Waals surface area contributed by atoms with Gasteiger partial charge in [0.15, 0.2) is 0 Å². The largest absolute Gasteiger partial charge is 0.347 e. The summed E-state index contributed by atoms with van der Waals surface area (Å²) in [7, 11) is -4.38. The average Bonchev–Trinajstić information content (AvgIpc) is 3.02. The average molecular weight is 413 g/mol. The quantitative estimate of drug-likeness (QED) is 0.550. The van der Waals surface area contributed by atoms with E-state index in [1.165, 1.54) is 23.2 Å². The minimum absolute atomic E-state index is 0.282. The fourth-order valence-corrected chi connectivity index (χ4v) is 3.60. The van der Waals surface area contributed by atoms with Crippen LogP contribution in [0.1, 0.15) is 26.7 Å². The standard InChI is InChI=1S/C21H23N3O4S/c1-3-9-20-19(15-23(4-2)16-10-6-5-7-11-16)21(25)24(22-20)17-12-8-13-18(14-17)29(26,27)28/h5-8,10-15H,3-4,9H2,1-2H3,(H,26,27,28)/b19-15+. The molecule has 0 saturated carbocycles. The summed E-state index contributed by atoms with van der Waals surface area (Å²) in [5.41, 5.74) is 2.35. The van der Waals surface area contributed by atoms with Crippen molar-refractivity contribution in [1.82, 2.24) is 0 Å². The molecule has 2 aromatic rings. The van der Waals surface area contributed by atoms with Gasteiger partial charge in [0.1, 0.15) is 0 Å². The van der Waals surface area contributed by atoms with Gasteiger partial charge in [0, 0.05) is 18.4 Å². The molecule has 29 heavy (non-hydrogen) atoms. The minimum atomic E-state index is -4.38. The molecule has 1 aliphatic rings. The number of rotatable bonds is 7. The first-order valence-corrected chi connectivity index (χ1v) is 10.8. The fourth-order valence-electron chi connectivity index (χ4n) is 3.08. The molecule has 7 nitrogen and oxygen atoms in total. The lowest BCUT2D eigenvalue weighted by molar-refractivity contribution is -0.114. The highest BCUT2D eigenvalue weighted by Gasteiger charge is 2.31. The molecule has 0 fully saturated rings. The third kappa shape index (κ3) is 4.55. The van der Waals surface area contributed by atoms with Gasteiger partial charge in [-0.1, -0.05) is 37.6 Å². The van der Waals surface area contributed by atoms with Crippen LogP contribution in [0.5, 0.6) is 0 Å². The van der Waals surface area contributed by atoms with Crippen LogP contribution in [0.25, 0.3) is 0 Å². The van der Waals surface area contributed by atoms with E-state index in [0.29, 0.717) is 24.3 Å². The molecule has 0 unspecified atom stereocenters. The number of nitrogens with zero attached hydrogens (tertiary/aromatic N) is 3. The van der Waals surface area contributed by atoms with Crippen LogP contribution in [0, 0.1) is 0 Å². The lowest BCUT2D eigenvalue weighted by Gasteiger charge is -2.19. The molecule has 8 heteroatoms. The maximum absolute atomic E-state index is 13.1. The van der Waals surface area contributed by atoms with Crippen LogP contribution in [0.15, 0.2) is 76.4 Å². The van der Waals surface area contributed by atoms with Gasteiger partial charge < -0.3 is 4.90 Å². The Morgan fingerprint density at radius 2 is 1.83 bits per heavy atom. The number of carbonyl (C=O) groups is 1. The van der Waals surface area contributed by atoms with Gasteiger partial charge in [0.2, 0.25) is 0 Å². The molecule has 1 N–H and O–H groups in total. The Morgan fingerprint density at radius 1 is 1.10 bits per heavy atom. The van der Waals surface area contributed by atoms with Crippen molar-refractivity contribution in [2.24, 2.45) is 5.10 Å². The fraction of sp³-hybridized carbons (Fsp3) is 0.238. The summed E-state index contributed by atoms with van der Waals surface area (Å²) in [4.78, 5) is 14.8. The molecular formula is C21H23N3O4S. The van der Waals surface area contributed by atoms with Crippen LogP contribution >= 0.6 is 0 Å². The van der Waals surface area contributed by atoms with Crippen molar-refractivity contribution in [3.05, 3.63) is 66.4 Å². The molecule has 3 rings (SSSR count). The van der Waals surface area contributed by atoms with Crippen molar-refractivity contribution in [2.75, 3.05) is 16.5 Å². The lowest BCUT2D eigenvalue weighted by Crippen LogP contribution is -2.24. The van der Waals surface area contributed by atoms with Crippen LogP contribution in [0.2, 0.25) is 0 Å². The van der Waals surface area contributed by atoms with Gasteiger partial charge >= 0.3 is 0 Å². The normalized spacial score (nSPS) is 15.7. The summed E-state index contributed by atoms with van der Waals surface area (Å²) in [6, 6.07) is 15.3. The van der Waals surface area contributed by atoms with Crippen LogP contribution in [-0.4, -0.2) is 31.1 Å². The van der Waals surface area contributed by atoms with Gasteiger partial charge in [-0.05, 0) is 43.7 Å². The molecule has 0 atom stereocenters. The highest BCUT2D eigenvalue weighted by Crippen LogP contribution is 2.28. The van der Waals surface area contributed by atoms with Gasteiger partial charge in [0.05, 0.1) is 21.9 Å². The SMILES string of the molecule is CCCC1=NN(c2cccc(S(=O)(=O)O)c2)C(=O)/C1=C/N(CC)c1ccccc1. The highest BCUT2D eigenvalue weighted by molar-refractivity contribution is 7.85. The van der Waals surface area contributed by atoms with Crippen molar-refractivity contribution in [2.45, 2.75) is 31.6 Å². The Labute approximate surface area is 170 Å². The van der Waals surface area contributed by atoms with Crippen LogP contribution in [-0.2, 0) is 14.9 Å². The van der Waals surface area contributed by atoms with E-state index >= 15 is 0 Å². The molecular weight excluding hydrogens is 390 g/mol. The zero-order chi connectivity index (χ0) is 21.0. The minimum Gasteiger partial charge on any atom is -0.347 e. The van der Waals surface area contributed by atoms with Crippen LogP contribution < -0.4 is 9.91 Å². The predicted octanol–water partition coefficient (Wildman–Crippen LogP) is 3.85. The molecule has 0 aromatic heterocycles. The summed E-state index contributed by atoms with van der Waals surface area (Å²) >= 11 is 0. The van der Waals surface area contributed by atoms with Gasteiger partial charge in [-0.3, -0.25) is 9.35 Å². The number of benzene rings is 2. The van der Waals surface area contributed by atoms with Crippen molar-refractivity contribution >= 4 is 33.1 Å². The summed E-state index contributed by atoms with van der Waals surface area (Å²) in [5.74, 6) is -0.338. The van der Waals surface area contributed by atoms with Crippen LogP contribution in [0.4, 0.5) is 11.4 Å². The molecule has 2 aromatic carbocycles. The number of hydrazone groups is 1. The van der Waals surface area contributed by atoms with E-state index in [4.69, 9.17) is 0 Å². The Kier molecular flexibility index (Phi) is 6.14. The van der Waals surface area contributed by atoms with E-state index in [1.807, 2.05) is 49.1 Å². The summed E-state index contributed by atoms with van der Waals surface area (Å²) < 4.78 is 32.2. The number of hydrogen-bond acceptors (Lipinski definition) is 5. The topological polar surface area (TPSA) is 90.3 Å². The summed E-state index contributed by atoms with van der Waals surface area (Å²) in [6.07, 6.45) is 3.21. The van der Waals surface area contributed by atoms with E-state index in [2.05, 4.69) is 5.10 Å². The number of para-hydroxylation sites is 1. The van der Waals surface area contributed by atoms with Crippen molar-refractivity contribution in [1.29, 1.82) is 0 Å². The monoisotopic (exact) mass is 413 g/mol. The van der Waals surface area contributed by atoms with E-state index in [1.54, 1.807) is 12.3 Å². The Balaban J connectivity index is 2.01. The second-order valence-electron chi connectivity index (χ2n) is 6.55. The van der Waals surface area contributed by atoms with Crippen LogP contribution in [0.3, 0.4) is 0 Å². The van der Waals surface area contributed by atoms with Gasteiger partial charge in [-0.25, -0.2) is 0 Å². The van der Waals surface area contributed by atoms with Crippen molar-refractivity contribution in [3.63, 3.8) is 0 Å². The summed E-state index contributed by atoms with van der Waals surface area (Å²) in [6.45, 7) is 4.66. The lowest BCUT2D eigenvalue weighted by atomic mass is 10.1. The Hall–Kier alpha value is -2.97. The number of hydrogen-bond donors (Lipinski definition) is 1. The molecule has 0 bridgehead atoms. The van der Waals surface area contributed by atoms with Gasteiger partial charge in [-0.15, -0.1) is 0 Å². The van der Waals surface area contributed by atoms with E-state index < -0.39 is 10.1 Å². The van der Waals surface area contributed by atoms with Gasteiger partial charge in [-0.2, -0.15) is 18.5 Å². The number of carbonyl (C=O) groups excluding carboxylic acids is 1. The number of anilines is 2. The zero-order valence-corrected chi connectivity index (χ0v) is 17.1. The third-order valence-corrected chi connectivity index (χ3v) is 5.36. The molecule has 1 amide bonds. The first-order chi connectivity index (χ1) is 13.8. The maximum Gasteiger partial charge on any atom is 0.294 e. The third-order valence-electron chi connectivity index (χ3n) is 4.51. The highest BCUT2D eigenvalue weighted by atomic mass is 32.2. The first-order valence-electron chi connectivity index (χ1n) is 9.38. The predicted molar refractivity (Wildman–Crippen MR) is 114 cm³/mol. The van der Waals surface area contributed by atoms with Gasteiger partial charge in [0.25, 0.3) is 16.0 Å². The molecule has 1 heterocycles. The smallest absolute Gasteiger partial charge is 0.294 e. The zero-order valence-electron chi connectivity index (χ0n) is 16.3. The van der Waals surface area contributed by atoms with E-state index in [0.717, 1.165) is 12.1 Å². The molecule has 1 aliphatic heterocycles.